The lowest BCUT2D eigenvalue weighted by molar-refractivity contribution is -0.148. The van der Waals surface area contributed by atoms with Gasteiger partial charge in [-0.1, -0.05) is 0 Å². The number of likely N-dealkylation sites (tertiary alicyclic amines) is 1. The van der Waals surface area contributed by atoms with E-state index in [0.717, 1.165) is 9.80 Å². The van der Waals surface area contributed by atoms with Gasteiger partial charge in [-0.05, 0) is 0 Å². The number of imide groups is 1. The Morgan fingerprint density at radius 2 is 2.05 bits per heavy atom. The molecular formula is C10H13N3O6. The highest BCUT2D eigenvalue weighted by Crippen LogP contribution is 2.18. The number of β-amino-alcohol motifs (C(OH)–C–C–N with tert-alkyl or cyclic N) is 1. The summed E-state index contributed by atoms with van der Waals surface area (Å²) in [6, 6.07) is -1.80. The largest absolute Gasteiger partial charge is 0.480 e. The molecule has 0 aromatic carbocycles. The molecular weight excluding hydrogens is 258 g/mol. The first kappa shape index (κ1) is 13.3. The number of carboxylic acids is 1. The highest BCUT2D eigenvalue weighted by atomic mass is 16.4. The van der Waals surface area contributed by atoms with Crippen molar-refractivity contribution in [3.8, 4) is 0 Å². The maximum Gasteiger partial charge on any atom is 0.326 e. The molecule has 9 nitrogen and oxygen atoms in total. The summed E-state index contributed by atoms with van der Waals surface area (Å²) >= 11 is 0. The molecule has 4 amide bonds. The van der Waals surface area contributed by atoms with Gasteiger partial charge >= 0.3 is 12.0 Å². The number of carboxylic acid groups (broad SMARTS) is 1. The number of carbonyl (C=O) groups excluding carboxylic acids is 3. The van der Waals surface area contributed by atoms with E-state index >= 15 is 0 Å². The molecule has 2 aliphatic heterocycles. The number of rotatable bonds is 3. The Bertz CT molecular complexity index is 435. The van der Waals surface area contributed by atoms with Gasteiger partial charge in [0.2, 0.25) is 5.91 Å². The van der Waals surface area contributed by atoms with E-state index in [4.69, 9.17) is 5.11 Å². The number of aliphatic hydroxyl groups excluding tert-OH is 1. The zero-order valence-corrected chi connectivity index (χ0v) is 9.90. The van der Waals surface area contributed by atoms with Crippen molar-refractivity contribution < 1.29 is 29.4 Å². The molecule has 2 fully saturated rings. The Morgan fingerprint density at radius 1 is 1.37 bits per heavy atom. The Labute approximate surface area is 107 Å². The second-order valence-corrected chi connectivity index (χ2v) is 4.43. The van der Waals surface area contributed by atoms with E-state index in [1.165, 1.54) is 0 Å². The number of aliphatic carboxylic acids is 1. The minimum atomic E-state index is -1.22. The van der Waals surface area contributed by atoms with Gasteiger partial charge in [0.05, 0.1) is 12.6 Å². The van der Waals surface area contributed by atoms with Crippen molar-refractivity contribution in [2.75, 3.05) is 19.6 Å². The van der Waals surface area contributed by atoms with Crippen LogP contribution in [0.3, 0.4) is 0 Å². The van der Waals surface area contributed by atoms with Crippen molar-refractivity contribution in [2.24, 2.45) is 0 Å². The number of amides is 4. The summed E-state index contributed by atoms with van der Waals surface area (Å²) in [7, 11) is 0. The molecule has 0 spiro atoms. The predicted molar refractivity (Wildman–Crippen MR) is 58.9 cm³/mol. The van der Waals surface area contributed by atoms with E-state index in [1.807, 2.05) is 0 Å². The molecule has 0 aromatic heterocycles. The van der Waals surface area contributed by atoms with E-state index in [2.05, 4.69) is 5.32 Å². The molecule has 2 atom stereocenters. The highest BCUT2D eigenvalue weighted by Gasteiger charge is 2.40. The van der Waals surface area contributed by atoms with Gasteiger partial charge in [-0.25, -0.2) is 9.59 Å². The fraction of sp³-hybridized carbons (Fsp3) is 0.600. The van der Waals surface area contributed by atoms with Crippen LogP contribution in [0.5, 0.6) is 0 Å². The summed E-state index contributed by atoms with van der Waals surface area (Å²) in [4.78, 5) is 47.2. The van der Waals surface area contributed by atoms with Crippen LogP contribution in [0.4, 0.5) is 4.79 Å². The Hall–Kier alpha value is -2.16. The average molecular weight is 271 g/mol. The van der Waals surface area contributed by atoms with Gasteiger partial charge in [-0.2, -0.15) is 0 Å². The lowest BCUT2D eigenvalue weighted by atomic mass is 10.2. The maximum atomic E-state index is 11.9. The van der Waals surface area contributed by atoms with Gasteiger partial charge in [-0.15, -0.1) is 0 Å². The van der Waals surface area contributed by atoms with Crippen LogP contribution in [0.15, 0.2) is 0 Å². The van der Waals surface area contributed by atoms with Crippen LogP contribution in [-0.4, -0.2) is 75.6 Å². The number of urea groups is 1. The van der Waals surface area contributed by atoms with Crippen molar-refractivity contribution in [2.45, 2.75) is 18.6 Å². The number of hydrogen-bond acceptors (Lipinski definition) is 5. The van der Waals surface area contributed by atoms with E-state index in [0.29, 0.717) is 0 Å². The Morgan fingerprint density at radius 3 is 2.58 bits per heavy atom. The third kappa shape index (κ3) is 2.50. The standard InChI is InChI=1S/C10H13N3O6/c14-5-1-6(9(17)18)12(3-5)8(16)4-13-7(15)2-11-10(13)19/h5-6,14H,1-4H2,(H,11,19)(H,17,18)/t5-,6-/m1/s1. The quantitative estimate of drug-likeness (QED) is 0.490. The monoisotopic (exact) mass is 271 g/mol. The van der Waals surface area contributed by atoms with Crippen LogP contribution in [0, 0.1) is 0 Å². The highest BCUT2D eigenvalue weighted by molar-refractivity contribution is 6.04. The summed E-state index contributed by atoms with van der Waals surface area (Å²) in [5.41, 5.74) is 0. The zero-order valence-electron chi connectivity index (χ0n) is 9.90. The van der Waals surface area contributed by atoms with Crippen molar-refractivity contribution in [3.05, 3.63) is 0 Å². The predicted octanol–water partition coefficient (Wildman–Crippen LogP) is -2.42. The maximum absolute atomic E-state index is 11.9. The SMILES string of the molecule is O=C(O)[C@H]1C[C@@H](O)CN1C(=O)CN1C(=O)CNC1=O. The number of aliphatic hydroxyl groups is 1. The Balaban J connectivity index is 2.05. The third-order valence-electron chi connectivity index (χ3n) is 3.11. The third-order valence-corrected chi connectivity index (χ3v) is 3.11. The van der Waals surface area contributed by atoms with Crippen LogP contribution in [0.1, 0.15) is 6.42 Å². The normalized spacial score (nSPS) is 26.8. The van der Waals surface area contributed by atoms with E-state index in [9.17, 15) is 24.3 Å². The molecule has 2 saturated heterocycles. The van der Waals surface area contributed by atoms with Crippen LogP contribution in [-0.2, 0) is 14.4 Å². The van der Waals surface area contributed by atoms with Crippen molar-refractivity contribution >= 4 is 23.8 Å². The minimum absolute atomic E-state index is 0.0543. The van der Waals surface area contributed by atoms with Crippen LogP contribution in [0.25, 0.3) is 0 Å². The zero-order chi connectivity index (χ0) is 14.2. The molecule has 0 unspecified atom stereocenters. The van der Waals surface area contributed by atoms with Crippen molar-refractivity contribution in [1.82, 2.24) is 15.1 Å². The molecule has 2 rings (SSSR count). The van der Waals surface area contributed by atoms with E-state index in [-0.39, 0.29) is 19.5 Å². The second-order valence-electron chi connectivity index (χ2n) is 4.43. The van der Waals surface area contributed by atoms with Crippen molar-refractivity contribution in [1.29, 1.82) is 0 Å². The molecule has 0 aliphatic carbocycles. The summed E-state index contributed by atoms with van der Waals surface area (Å²) in [6.45, 7) is -0.794. The topological polar surface area (TPSA) is 127 Å². The summed E-state index contributed by atoms with van der Waals surface area (Å²) in [5, 5.41) is 20.6. The van der Waals surface area contributed by atoms with Crippen LogP contribution >= 0.6 is 0 Å². The molecule has 2 heterocycles. The minimum Gasteiger partial charge on any atom is -0.480 e. The fourth-order valence-electron chi connectivity index (χ4n) is 2.16. The molecule has 9 heteroatoms. The van der Waals surface area contributed by atoms with Crippen LogP contribution < -0.4 is 5.32 Å². The van der Waals surface area contributed by atoms with Crippen LogP contribution in [0.2, 0.25) is 0 Å². The number of carbonyl (C=O) groups is 4. The van der Waals surface area contributed by atoms with Gasteiger partial charge in [0.15, 0.2) is 0 Å². The number of nitrogens with zero attached hydrogens (tertiary/aromatic N) is 2. The van der Waals surface area contributed by atoms with Crippen molar-refractivity contribution in [3.63, 3.8) is 0 Å². The molecule has 19 heavy (non-hydrogen) atoms. The lowest BCUT2D eigenvalue weighted by Crippen LogP contribution is -2.47. The lowest BCUT2D eigenvalue weighted by Gasteiger charge is -2.23. The van der Waals surface area contributed by atoms with Gasteiger partial charge in [0, 0.05) is 13.0 Å². The molecule has 2 aliphatic rings. The van der Waals surface area contributed by atoms with E-state index in [1.54, 1.807) is 0 Å². The molecule has 0 radical (unpaired) electrons. The fourth-order valence-corrected chi connectivity index (χ4v) is 2.16. The average Bonchev–Trinajstić information content (AvgIpc) is 2.87. The molecule has 104 valence electrons. The van der Waals surface area contributed by atoms with Gasteiger partial charge in [0.1, 0.15) is 12.6 Å². The number of hydrogen-bond donors (Lipinski definition) is 3. The molecule has 3 N–H and O–H groups in total. The molecule has 0 saturated carbocycles. The first-order chi connectivity index (χ1) is 8.90. The summed E-state index contributed by atoms with van der Waals surface area (Å²) < 4.78 is 0. The second kappa shape index (κ2) is 4.84. The first-order valence-corrected chi connectivity index (χ1v) is 5.68. The van der Waals surface area contributed by atoms with Gasteiger partial charge < -0.3 is 20.4 Å². The molecule has 0 aromatic rings. The first-order valence-electron chi connectivity index (χ1n) is 5.68. The van der Waals surface area contributed by atoms with Gasteiger partial charge in [-0.3, -0.25) is 14.5 Å². The number of nitrogens with one attached hydrogen (secondary N) is 1. The molecule has 0 bridgehead atoms. The summed E-state index contributed by atoms with van der Waals surface area (Å²) in [6.07, 6.45) is -0.963. The Kier molecular flexibility index (Phi) is 3.38. The van der Waals surface area contributed by atoms with E-state index < -0.39 is 42.5 Å². The summed E-state index contributed by atoms with van der Waals surface area (Å²) in [5.74, 6) is -2.43. The van der Waals surface area contributed by atoms with Gasteiger partial charge in [0.25, 0.3) is 5.91 Å². The smallest absolute Gasteiger partial charge is 0.326 e.